The van der Waals surface area contributed by atoms with Crippen LogP contribution in [-0.4, -0.2) is 51.9 Å². The molecule has 2 N–H and O–H groups in total. The first-order chi connectivity index (χ1) is 8.78. The predicted octanol–water partition coefficient (Wildman–Crippen LogP) is 0.981. The van der Waals surface area contributed by atoms with Crippen molar-refractivity contribution >= 4 is 21.6 Å². The summed E-state index contributed by atoms with van der Waals surface area (Å²) in [6.07, 6.45) is 0. The van der Waals surface area contributed by atoms with Crippen molar-refractivity contribution in [2.75, 3.05) is 34.2 Å². The standard InChI is InChI=1S/C12H20ClN3O2S/c1-15(2)6-7-16(3)19(17,18)11-4-5-12(13)10(8-11)9-14/h4-5,8H,6-7,9,14H2,1-3H3. The van der Waals surface area contributed by atoms with Crippen LogP contribution in [-0.2, 0) is 16.6 Å². The van der Waals surface area contributed by atoms with E-state index in [4.69, 9.17) is 17.3 Å². The Morgan fingerprint density at radius 1 is 1.21 bits per heavy atom. The van der Waals surface area contributed by atoms with E-state index in [1.165, 1.54) is 16.4 Å². The molecule has 0 saturated heterocycles. The molecular weight excluding hydrogens is 286 g/mol. The Kier molecular flexibility index (Phi) is 5.76. The van der Waals surface area contributed by atoms with Crippen LogP contribution in [0.3, 0.4) is 0 Å². The Morgan fingerprint density at radius 2 is 1.84 bits per heavy atom. The highest BCUT2D eigenvalue weighted by Gasteiger charge is 2.21. The fraction of sp³-hybridized carbons (Fsp3) is 0.500. The highest BCUT2D eigenvalue weighted by molar-refractivity contribution is 7.89. The molecule has 1 aromatic rings. The molecular formula is C12H20ClN3O2S. The van der Waals surface area contributed by atoms with Crippen molar-refractivity contribution in [3.63, 3.8) is 0 Å². The molecule has 108 valence electrons. The normalized spacial score (nSPS) is 12.4. The van der Waals surface area contributed by atoms with Crippen molar-refractivity contribution in [3.8, 4) is 0 Å². The molecule has 0 fully saturated rings. The Bertz CT molecular complexity index is 532. The smallest absolute Gasteiger partial charge is 0.242 e. The number of hydrogen-bond acceptors (Lipinski definition) is 4. The van der Waals surface area contributed by atoms with Gasteiger partial charge in [0.25, 0.3) is 0 Å². The third-order valence-corrected chi connectivity index (χ3v) is 5.03. The molecule has 0 aromatic heterocycles. The van der Waals surface area contributed by atoms with E-state index >= 15 is 0 Å². The van der Waals surface area contributed by atoms with Crippen LogP contribution in [0.15, 0.2) is 23.1 Å². The zero-order valence-corrected chi connectivity index (χ0v) is 13.0. The Balaban J connectivity index is 2.99. The van der Waals surface area contributed by atoms with Gasteiger partial charge in [0.2, 0.25) is 10.0 Å². The topological polar surface area (TPSA) is 66.6 Å². The van der Waals surface area contributed by atoms with Crippen LogP contribution in [0, 0.1) is 0 Å². The van der Waals surface area contributed by atoms with Gasteiger partial charge in [0, 0.05) is 31.7 Å². The number of rotatable bonds is 6. The van der Waals surface area contributed by atoms with Gasteiger partial charge in [-0.1, -0.05) is 11.6 Å². The lowest BCUT2D eigenvalue weighted by Crippen LogP contribution is -2.33. The largest absolute Gasteiger partial charge is 0.326 e. The summed E-state index contributed by atoms with van der Waals surface area (Å²) in [5, 5.41) is 0.484. The monoisotopic (exact) mass is 305 g/mol. The van der Waals surface area contributed by atoms with E-state index in [0.717, 1.165) is 0 Å². The third-order valence-electron chi connectivity index (χ3n) is 2.81. The van der Waals surface area contributed by atoms with Crippen molar-refractivity contribution in [2.24, 2.45) is 5.73 Å². The molecule has 0 heterocycles. The fourth-order valence-corrected chi connectivity index (χ4v) is 2.92. The molecule has 0 unspecified atom stereocenters. The number of halogens is 1. The molecule has 0 aliphatic heterocycles. The van der Waals surface area contributed by atoms with E-state index in [1.807, 2.05) is 19.0 Å². The number of benzene rings is 1. The maximum atomic E-state index is 12.3. The number of nitrogens with two attached hydrogens (primary N) is 1. The molecule has 0 saturated carbocycles. The minimum atomic E-state index is -3.49. The van der Waals surface area contributed by atoms with E-state index in [0.29, 0.717) is 23.7 Å². The van der Waals surface area contributed by atoms with Crippen LogP contribution in [0.5, 0.6) is 0 Å². The van der Waals surface area contributed by atoms with Crippen LogP contribution in [0.4, 0.5) is 0 Å². The first kappa shape index (κ1) is 16.4. The van der Waals surface area contributed by atoms with Gasteiger partial charge in [-0.3, -0.25) is 0 Å². The van der Waals surface area contributed by atoms with E-state index < -0.39 is 10.0 Å². The van der Waals surface area contributed by atoms with Crippen molar-refractivity contribution in [1.29, 1.82) is 0 Å². The maximum absolute atomic E-state index is 12.3. The van der Waals surface area contributed by atoms with Crippen LogP contribution in [0.1, 0.15) is 5.56 Å². The molecule has 0 atom stereocenters. The molecule has 0 radical (unpaired) electrons. The van der Waals surface area contributed by atoms with Crippen LogP contribution >= 0.6 is 11.6 Å². The zero-order valence-electron chi connectivity index (χ0n) is 11.4. The molecule has 1 aromatic carbocycles. The molecule has 5 nitrogen and oxygen atoms in total. The van der Waals surface area contributed by atoms with Gasteiger partial charge in [-0.25, -0.2) is 8.42 Å². The second-order valence-corrected chi connectivity index (χ2v) is 7.04. The molecule has 19 heavy (non-hydrogen) atoms. The van der Waals surface area contributed by atoms with Crippen LogP contribution in [0.2, 0.25) is 5.02 Å². The molecule has 1 rings (SSSR count). The van der Waals surface area contributed by atoms with Gasteiger partial charge in [-0.15, -0.1) is 0 Å². The van der Waals surface area contributed by atoms with Gasteiger partial charge < -0.3 is 10.6 Å². The van der Waals surface area contributed by atoms with E-state index in [9.17, 15) is 8.42 Å². The number of likely N-dealkylation sites (N-methyl/N-ethyl adjacent to an activating group) is 2. The Morgan fingerprint density at radius 3 is 2.37 bits per heavy atom. The van der Waals surface area contributed by atoms with Gasteiger partial charge in [-0.2, -0.15) is 4.31 Å². The van der Waals surface area contributed by atoms with Crippen molar-refractivity contribution in [2.45, 2.75) is 11.4 Å². The minimum absolute atomic E-state index is 0.212. The number of sulfonamides is 1. The maximum Gasteiger partial charge on any atom is 0.242 e. The number of hydrogen-bond donors (Lipinski definition) is 1. The summed E-state index contributed by atoms with van der Waals surface area (Å²) in [5.74, 6) is 0. The molecule has 0 aliphatic rings. The number of nitrogens with zero attached hydrogens (tertiary/aromatic N) is 2. The van der Waals surface area contributed by atoms with E-state index in [-0.39, 0.29) is 11.4 Å². The summed E-state index contributed by atoms with van der Waals surface area (Å²) in [6, 6.07) is 4.60. The highest BCUT2D eigenvalue weighted by Crippen LogP contribution is 2.22. The van der Waals surface area contributed by atoms with E-state index in [2.05, 4.69) is 0 Å². The van der Waals surface area contributed by atoms with Crippen molar-refractivity contribution in [1.82, 2.24) is 9.21 Å². The lowest BCUT2D eigenvalue weighted by atomic mass is 10.2. The summed E-state index contributed by atoms with van der Waals surface area (Å²) >= 11 is 5.93. The average Bonchev–Trinajstić information content (AvgIpc) is 2.35. The van der Waals surface area contributed by atoms with Gasteiger partial charge in [0.1, 0.15) is 0 Å². The van der Waals surface area contributed by atoms with Crippen LogP contribution in [0.25, 0.3) is 0 Å². The van der Waals surface area contributed by atoms with Crippen molar-refractivity contribution in [3.05, 3.63) is 28.8 Å². The van der Waals surface area contributed by atoms with Crippen molar-refractivity contribution < 1.29 is 8.42 Å². The summed E-state index contributed by atoms with van der Waals surface area (Å²) in [6.45, 7) is 1.30. The quantitative estimate of drug-likeness (QED) is 0.851. The van der Waals surface area contributed by atoms with Gasteiger partial charge in [-0.05, 0) is 37.9 Å². The first-order valence-electron chi connectivity index (χ1n) is 5.88. The fourth-order valence-electron chi connectivity index (χ4n) is 1.51. The van der Waals surface area contributed by atoms with Gasteiger partial charge in [0.05, 0.1) is 4.90 Å². The predicted molar refractivity (Wildman–Crippen MR) is 77.7 cm³/mol. The van der Waals surface area contributed by atoms with Gasteiger partial charge in [0.15, 0.2) is 0 Å². The summed E-state index contributed by atoms with van der Waals surface area (Å²) in [7, 11) is 1.87. The lowest BCUT2D eigenvalue weighted by Gasteiger charge is -2.20. The summed E-state index contributed by atoms with van der Waals surface area (Å²) in [4.78, 5) is 2.15. The first-order valence-corrected chi connectivity index (χ1v) is 7.70. The third kappa shape index (κ3) is 4.15. The molecule has 0 aliphatic carbocycles. The summed E-state index contributed by atoms with van der Waals surface area (Å²) in [5.41, 5.74) is 6.17. The highest BCUT2D eigenvalue weighted by atomic mass is 35.5. The minimum Gasteiger partial charge on any atom is -0.326 e. The Labute approximate surface area is 120 Å². The Hall–Kier alpha value is -0.660. The average molecular weight is 306 g/mol. The molecule has 0 amide bonds. The van der Waals surface area contributed by atoms with E-state index in [1.54, 1.807) is 13.1 Å². The SMILES string of the molecule is CN(C)CCN(C)S(=O)(=O)c1ccc(Cl)c(CN)c1. The zero-order chi connectivity index (χ0) is 14.6. The lowest BCUT2D eigenvalue weighted by molar-refractivity contribution is 0.358. The molecule has 0 spiro atoms. The van der Waals surface area contributed by atoms with Gasteiger partial charge >= 0.3 is 0 Å². The second-order valence-electron chi connectivity index (χ2n) is 4.59. The second kappa shape index (κ2) is 6.67. The molecule has 7 heteroatoms. The molecule has 0 bridgehead atoms. The summed E-state index contributed by atoms with van der Waals surface area (Å²) < 4.78 is 26.0. The van der Waals surface area contributed by atoms with Crippen LogP contribution < -0.4 is 5.73 Å².